The summed E-state index contributed by atoms with van der Waals surface area (Å²) in [5, 5.41) is 5.84. The zero-order chi connectivity index (χ0) is 26.5. The topological polar surface area (TPSA) is 87.7 Å². The standard InChI is InChI=1S/C30H33N3O4/c1-19(2)17-31-29(35)26-27(37-30(36)33(26)18-22-7-5-6-21(4)16-22)23-12-14-25(15-13-23)32-28(34)24-10-8-20(3)9-11-24/h5-16,19,26-27H,17-18H2,1-4H3,(H,31,35)(H,32,34)/t26-,27+/m1/s1. The molecule has 37 heavy (non-hydrogen) atoms. The highest BCUT2D eigenvalue weighted by atomic mass is 16.6. The van der Waals surface area contributed by atoms with Gasteiger partial charge in [0.05, 0.1) is 6.54 Å². The van der Waals surface area contributed by atoms with E-state index in [2.05, 4.69) is 10.6 Å². The van der Waals surface area contributed by atoms with Crippen molar-refractivity contribution in [3.8, 4) is 0 Å². The minimum absolute atomic E-state index is 0.213. The van der Waals surface area contributed by atoms with Crippen LogP contribution in [0.3, 0.4) is 0 Å². The first-order valence-corrected chi connectivity index (χ1v) is 12.5. The Balaban J connectivity index is 1.54. The largest absolute Gasteiger partial charge is 0.438 e. The first-order chi connectivity index (χ1) is 17.7. The molecule has 0 aliphatic carbocycles. The number of carbonyl (C=O) groups is 3. The summed E-state index contributed by atoms with van der Waals surface area (Å²) in [6.07, 6.45) is -1.31. The predicted octanol–water partition coefficient (Wildman–Crippen LogP) is 5.39. The van der Waals surface area contributed by atoms with Crippen molar-refractivity contribution in [1.29, 1.82) is 0 Å². The van der Waals surface area contributed by atoms with Crippen LogP contribution in [0.5, 0.6) is 0 Å². The van der Waals surface area contributed by atoms with Crippen LogP contribution in [-0.2, 0) is 16.1 Å². The molecule has 3 aromatic rings. The van der Waals surface area contributed by atoms with Gasteiger partial charge in [-0.25, -0.2) is 4.79 Å². The maximum absolute atomic E-state index is 13.3. The van der Waals surface area contributed by atoms with E-state index in [1.807, 2.05) is 64.1 Å². The minimum Gasteiger partial charge on any atom is -0.438 e. The molecule has 3 aromatic carbocycles. The number of hydrogen-bond donors (Lipinski definition) is 2. The zero-order valence-corrected chi connectivity index (χ0v) is 21.7. The highest BCUT2D eigenvalue weighted by Crippen LogP contribution is 2.34. The molecule has 0 radical (unpaired) electrons. The van der Waals surface area contributed by atoms with Crippen LogP contribution in [0.25, 0.3) is 0 Å². The van der Waals surface area contributed by atoms with Crippen LogP contribution in [0.4, 0.5) is 10.5 Å². The maximum atomic E-state index is 13.3. The second kappa shape index (κ2) is 11.3. The van der Waals surface area contributed by atoms with Gasteiger partial charge in [0.2, 0.25) is 5.91 Å². The Morgan fingerprint density at radius 3 is 2.30 bits per heavy atom. The van der Waals surface area contributed by atoms with Crippen molar-refractivity contribution in [1.82, 2.24) is 10.2 Å². The van der Waals surface area contributed by atoms with Crippen molar-refractivity contribution in [2.45, 2.75) is 46.4 Å². The van der Waals surface area contributed by atoms with E-state index < -0.39 is 18.2 Å². The summed E-state index contributed by atoms with van der Waals surface area (Å²) >= 11 is 0. The molecule has 2 atom stereocenters. The fraction of sp³-hybridized carbons (Fsp3) is 0.300. The number of carbonyl (C=O) groups excluding carboxylic acids is 3. The van der Waals surface area contributed by atoms with E-state index in [0.29, 0.717) is 23.4 Å². The van der Waals surface area contributed by atoms with Crippen molar-refractivity contribution in [3.05, 3.63) is 101 Å². The molecule has 0 unspecified atom stereocenters. The number of ether oxygens (including phenoxy) is 1. The molecule has 1 heterocycles. The Morgan fingerprint density at radius 2 is 1.65 bits per heavy atom. The third kappa shape index (κ3) is 6.36. The van der Waals surface area contributed by atoms with Gasteiger partial charge in [-0.2, -0.15) is 0 Å². The van der Waals surface area contributed by atoms with Crippen LogP contribution in [0, 0.1) is 19.8 Å². The monoisotopic (exact) mass is 499 g/mol. The SMILES string of the molecule is Cc1ccc(C(=O)Nc2ccc([C@@H]3OC(=O)N(Cc4cccc(C)c4)[C@H]3C(=O)NCC(C)C)cc2)cc1. The number of anilines is 1. The van der Waals surface area contributed by atoms with E-state index in [1.54, 1.807) is 36.4 Å². The summed E-state index contributed by atoms with van der Waals surface area (Å²) in [6.45, 7) is 8.75. The van der Waals surface area contributed by atoms with E-state index in [1.165, 1.54) is 4.90 Å². The van der Waals surface area contributed by atoms with Crippen molar-refractivity contribution in [3.63, 3.8) is 0 Å². The second-order valence-electron chi connectivity index (χ2n) is 9.95. The lowest BCUT2D eigenvalue weighted by molar-refractivity contribution is -0.126. The van der Waals surface area contributed by atoms with E-state index >= 15 is 0 Å². The van der Waals surface area contributed by atoms with Crippen molar-refractivity contribution >= 4 is 23.6 Å². The quantitative estimate of drug-likeness (QED) is 0.435. The molecular formula is C30H33N3O4. The molecule has 0 saturated carbocycles. The van der Waals surface area contributed by atoms with Gasteiger partial charge >= 0.3 is 6.09 Å². The van der Waals surface area contributed by atoms with E-state index in [-0.39, 0.29) is 24.3 Å². The molecule has 4 rings (SSSR count). The average Bonchev–Trinajstić information content (AvgIpc) is 3.19. The van der Waals surface area contributed by atoms with Gasteiger partial charge in [0.25, 0.3) is 5.91 Å². The summed E-state index contributed by atoms with van der Waals surface area (Å²) in [7, 11) is 0. The molecule has 3 amide bonds. The first kappa shape index (κ1) is 25.9. The number of hydrogen-bond acceptors (Lipinski definition) is 4. The van der Waals surface area contributed by atoms with Crippen LogP contribution in [0.15, 0.2) is 72.8 Å². The maximum Gasteiger partial charge on any atom is 0.411 e. The lowest BCUT2D eigenvalue weighted by atomic mass is 10.00. The first-order valence-electron chi connectivity index (χ1n) is 12.5. The summed E-state index contributed by atoms with van der Waals surface area (Å²) in [6, 6.07) is 21.4. The molecule has 1 fully saturated rings. The average molecular weight is 500 g/mol. The highest BCUT2D eigenvalue weighted by Gasteiger charge is 2.46. The molecule has 1 saturated heterocycles. The van der Waals surface area contributed by atoms with E-state index in [0.717, 1.165) is 16.7 Å². The molecule has 7 heteroatoms. The normalized spacial score (nSPS) is 17.0. The third-order valence-electron chi connectivity index (χ3n) is 6.28. The third-order valence-corrected chi connectivity index (χ3v) is 6.28. The smallest absolute Gasteiger partial charge is 0.411 e. The molecular weight excluding hydrogens is 466 g/mol. The molecule has 192 valence electrons. The molecule has 1 aliphatic heterocycles. The van der Waals surface area contributed by atoms with Gasteiger partial charge in [0.15, 0.2) is 12.1 Å². The van der Waals surface area contributed by atoms with Gasteiger partial charge in [-0.05, 0) is 55.2 Å². The molecule has 7 nitrogen and oxygen atoms in total. The highest BCUT2D eigenvalue weighted by molar-refractivity contribution is 6.04. The number of cyclic esters (lactones) is 1. The summed E-state index contributed by atoms with van der Waals surface area (Å²) < 4.78 is 5.74. The lowest BCUT2D eigenvalue weighted by Gasteiger charge is -2.25. The van der Waals surface area contributed by atoms with Gasteiger partial charge in [-0.3, -0.25) is 14.5 Å². The Hall–Kier alpha value is -4.13. The number of aryl methyl sites for hydroxylation is 2. The van der Waals surface area contributed by atoms with Gasteiger partial charge in [-0.15, -0.1) is 0 Å². The Bertz CT molecular complexity index is 1270. The molecule has 2 N–H and O–H groups in total. The summed E-state index contributed by atoms with van der Waals surface area (Å²) in [4.78, 5) is 40.3. The van der Waals surface area contributed by atoms with Crippen LogP contribution in [-0.4, -0.2) is 35.4 Å². The van der Waals surface area contributed by atoms with Crippen LogP contribution >= 0.6 is 0 Å². The van der Waals surface area contributed by atoms with Gasteiger partial charge in [-0.1, -0.05) is 73.5 Å². The van der Waals surface area contributed by atoms with E-state index in [4.69, 9.17) is 4.74 Å². The Morgan fingerprint density at radius 1 is 0.946 bits per heavy atom. The Kier molecular flexibility index (Phi) is 7.92. The van der Waals surface area contributed by atoms with Crippen molar-refractivity contribution in [2.75, 3.05) is 11.9 Å². The summed E-state index contributed by atoms with van der Waals surface area (Å²) in [5.41, 5.74) is 4.93. The van der Waals surface area contributed by atoms with Crippen molar-refractivity contribution in [2.24, 2.45) is 5.92 Å². The van der Waals surface area contributed by atoms with E-state index in [9.17, 15) is 14.4 Å². The molecule has 1 aliphatic rings. The number of amides is 3. The minimum atomic E-state index is -0.820. The predicted molar refractivity (Wildman–Crippen MR) is 143 cm³/mol. The fourth-order valence-electron chi connectivity index (χ4n) is 4.29. The van der Waals surface area contributed by atoms with Gasteiger partial charge < -0.3 is 15.4 Å². The fourth-order valence-corrected chi connectivity index (χ4v) is 4.29. The van der Waals surface area contributed by atoms with Crippen LogP contribution in [0.1, 0.15) is 52.6 Å². The number of benzene rings is 3. The summed E-state index contributed by atoms with van der Waals surface area (Å²) in [5.74, 6) is -0.202. The van der Waals surface area contributed by atoms with Crippen LogP contribution < -0.4 is 10.6 Å². The van der Waals surface area contributed by atoms with Gasteiger partial charge in [0, 0.05) is 17.8 Å². The molecule has 0 aromatic heterocycles. The van der Waals surface area contributed by atoms with Gasteiger partial charge in [0.1, 0.15) is 0 Å². The number of nitrogens with zero attached hydrogens (tertiary/aromatic N) is 1. The lowest BCUT2D eigenvalue weighted by Crippen LogP contribution is -2.47. The second-order valence-corrected chi connectivity index (χ2v) is 9.95. The molecule has 0 spiro atoms. The zero-order valence-electron chi connectivity index (χ0n) is 21.7. The number of nitrogens with one attached hydrogen (secondary N) is 2. The number of rotatable bonds is 8. The Labute approximate surface area is 217 Å². The molecule has 0 bridgehead atoms. The van der Waals surface area contributed by atoms with Crippen LogP contribution in [0.2, 0.25) is 0 Å². The van der Waals surface area contributed by atoms with Crippen molar-refractivity contribution < 1.29 is 19.1 Å².